The van der Waals surface area contributed by atoms with Crippen LogP contribution in [0.2, 0.25) is 0 Å². The van der Waals surface area contributed by atoms with Crippen LogP contribution in [-0.2, 0) is 10.0 Å². The second kappa shape index (κ2) is 6.03. The molecule has 0 aromatic carbocycles. The summed E-state index contributed by atoms with van der Waals surface area (Å²) in [5, 5.41) is 0. The van der Waals surface area contributed by atoms with Crippen LogP contribution in [0, 0.1) is 0 Å². The van der Waals surface area contributed by atoms with Crippen molar-refractivity contribution in [3.63, 3.8) is 0 Å². The molecule has 1 saturated heterocycles. The molecule has 1 aromatic rings. The number of hydrogen-bond acceptors (Lipinski definition) is 3. The van der Waals surface area contributed by atoms with Gasteiger partial charge in [-0.15, -0.1) is 11.3 Å². The Bertz CT molecular complexity index is 498. The SMILES string of the molecule is CCC1CCCCCN1S(=O)(=O)c1ccc(Br)s1. The lowest BCUT2D eigenvalue weighted by atomic mass is 10.1. The molecule has 1 aromatic heterocycles. The Morgan fingerprint density at radius 2 is 2.17 bits per heavy atom. The summed E-state index contributed by atoms with van der Waals surface area (Å²) in [5.74, 6) is 0. The number of hydrogen-bond donors (Lipinski definition) is 0. The predicted octanol–water partition coefficient (Wildman–Crippen LogP) is 3.85. The molecule has 102 valence electrons. The van der Waals surface area contributed by atoms with E-state index >= 15 is 0 Å². The van der Waals surface area contributed by atoms with E-state index in [1.54, 1.807) is 16.4 Å². The van der Waals surface area contributed by atoms with Crippen LogP contribution in [0.15, 0.2) is 20.1 Å². The van der Waals surface area contributed by atoms with Gasteiger partial charge in [-0.25, -0.2) is 8.42 Å². The van der Waals surface area contributed by atoms with Crippen LogP contribution in [0.1, 0.15) is 39.0 Å². The zero-order valence-electron chi connectivity index (χ0n) is 10.4. The number of rotatable bonds is 3. The highest BCUT2D eigenvalue weighted by atomic mass is 79.9. The number of thiophene rings is 1. The van der Waals surface area contributed by atoms with Crippen LogP contribution in [0.4, 0.5) is 0 Å². The lowest BCUT2D eigenvalue weighted by Gasteiger charge is -2.27. The quantitative estimate of drug-likeness (QED) is 0.829. The van der Waals surface area contributed by atoms with Gasteiger partial charge in [0.15, 0.2) is 0 Å². The predicted molar refractivity (Wildman–Crippen MR) is 78.5 cm³/mol. The minimum Gasteiger partial charge on any atom is -0.206 e. The van der Waals surface area contributed by atoms with Gasteiger partial charge in [-0.3, -0.25) is 0 Å². The van der Waals surface area contributed by atoms with Gasteiger partial charge in [0.1, 0.15) is 4.21 Å². The zero-order valence-corrected chi connectivity index (χ0v) is 13.7. The van der Waals surface area contributed by atoms with Gasteiger partial charge in [0.05, 0.1) is 3.79 Å². The van der Waals surface area contributed by atoms with Gasteiger partial charge in [-0.2, -0.15) is 4.31 Å². The summed E-state index contributed by atoms with van der Waals surface area (Å²) < 4.78 is 28.3. The second-order valence-electron chi connectivity index (χ2n) is 4.59. The van der Waals surface area contributed by atoms with Crippen molar-refractivity contribution in [3.8, 4) is 0 Å². The van der Waals surface area contributed by atoms with Crippen molar-refractivity contribution in [2.45, 2.75) is 49.3 Å². The molecular formula is C12H18BrNO2S2. The molecule has 1 fully saturated rings. The van der Waals surface area contributed by atoms with Gasteiger partial charge in [0.2, 0.25) is 0 Å². The van der Waals surface area contributed by atoms with Gasteiger partial charge in [-0.05, 0) is 47.3 Å². The first-order chi connectivity index (χ1) is 8.55. The van der Waals surface area contributed by atoms with E-state index in [9.17, 15) is 8.42 Å². The third-order valence-corrected chi connectivity index (χ3v) is 7.45. The summed E-state index contributed by atoms with van der Waals surface area (Å²) in [7, 11) is -3.30. The molecule has 1 atom stereocenters. The fraction of sp³-hybridized carbons (Fsp3) is 0.667. The molecule has 1 unspecified atom stereocenters. The molecule has 2 rings (SSSR count). The first kappa shape index (κ1) is 14.5. The molecule has 2 heterocycles. The van der Waals surface area contributed by atoms with Gasteiger partial charge >= 0.3 is 0 Å². The third-order valence-electron chi connectivity index (χ3n) is 3.41. The highest BCUT2D eigenvalue weighted by Crippen LogP contribution is 2.32. The lowest BCUT2D eigenvalue weighted by Crippen LogP contribution is -2.39. The molecule has 0 spiro atoms. The lowest BCUT2D eigenvalue weighted by molar-refractivity contribution is 0.316. The Morgan fingerprint density at radius 3 is 2.78 bits per heavy atom. The average Bonchev–Trinajstić information content (AvgIpc) is 2.65. The molecule has 1 aliphatic rings. The molecule has 0 radical (unpaired) electrons. The maximum Gasteiger partial charge on any atom is 0.252 e. The van der Waals surface area contributed by atoms with Gasteiger partial charge < -0.3 is 0 Å². The van der Waals surface area contributed by atoms with E-state index in [0.717, 1.165) is 35.9 Å². The molecule has 0 aliphatic carbocycles. The smallest absolute Gasteiger partial charge is 0.206 e. The van der Waals surface area contributed by atoms with Crippen LogP contribution in [-0.4, -0.2) is 25.3 Å². The average molecular weight is 352 g/mol. The van der Waals surface area contributed by atoms with Crippen molar-refractivity contribution in [2.24, 2.45) is 0 Å². The van der Waals surface area contributed by atoms with E-state index in [1.165, 1.54) is 11.3 Å². The Balaban J connectivity index is 2.32. The summed E-state index contributed by atoms with van der Waals surface area (Å²) in [5.41, 5.74) is 0. The Labute approximate surface area is 121 Å². The number of nitrogens with zero attached hydrogens (tertiary/aromatic N) is 1. The molecule has 18 heavy (non-hydrogen) atoms. The Kier molecular flexibility index (Phi) is 4.86. The van der Waals surface area contributed by atoms with Crippen molar-refractivity contribution in [2.75, 3.05) is 6.54 Å². The molecule has 0 bridgehead atoms. The highest BCUT2D eigenvalue weighted by molar-refractivity contribution is 9.11. The largest absolute Gasteiger partial charge is 0.252 e. The summed E-state index contributed by atoms with van der Waals surface area (Å²) in [6.07, 6.45) is 5.13. The van der Waals surface area contributed by atoms with E-state index in [4.69, 9.17) is 0 Å². The van der Waals surface area contributed by atoms with E-state index in [1.807, 2.05) is 0 Å². The Morgan fingerprint density at radius 1 is 1.39 bits per heavy atom. The van der Waals surface area contributed by atoms with E-state index in [-0.39, 0.29) is 6.04 Å². The maximum atomic E-state index is 12.6. The maximum absolute atomic E-state index is 12.6. The van der Waals surface area contributed by atoms with Crippen molar-refractivity contribution in [1.29, 1.82) is 0 Å². The first-order valence-corrected chi connectivity index (χ1v) is 9.38. The highest BCUT2D eigenvalue weighted by Gasteiger charge is 2.32. The van der Waals surface area contributed by atoms with Crippen LogP contribution in [0.3, 0.4) is 0 Å². The van der Waals surface area contributed by atoms with Crippen LogP contribution in [0.25, 0.3) is 0 Å². The van der Waals surface area contributed by atoms with Crippen molar-refractivity contribution in [3.05, 3.63) is 15.9 Å². The summed E-state index contributed by atoms with van der Waals surface area (Å²) in [6.45, 7) is 2.74. The summed E-state index contributed by atoms with van der Waals surface area (Å²) >= 11 is 4.63. The summed E-state index contributed by atoms with van der Waals surface area (Å²) in [6, 6.07) is 3.66. The van der Waals surface area contributed by atoms with Crippen LogP contribution in [0.5, 0.6) is 0 Å². The van der Waals surface area contributed by atoms with Gasteiger partial charge in [0.25, 0.3) is 10.0 Å². The molecule has 1 aliphatic heterocycles. The van der Waals surface area contributed by atoms with Crippen molar-refractivity contribution < 1.29 is 8.42 Å². The monoisotopic (exact) mass is 351 g/mol. The topological polar surface area (TPSA) is 37.4 Å². The van der Waals surface area contributed by atoms with Gasteiger partial charge in [0, 0.05) is 12.6 Å². The van der Waals surface area contributed by atoms with Crippen molar-refractivity contribution in [1.82, 2.24) is 4.31 Å². The minimum absolute atomic E-state index is 0.165. The fourth-order valence-electron chi connectivity index (χ4n) is 2.43. The molecule has 0 N–H and O–H groups in total. The number of halogens is 1. The van der Waals surface area contributed by atoms with E-state index in [2.05, 4.69) is 22.9 Å². The number of sulfonamides is 1. The first-order valence-electron chi connectivity index (χ1n) is 6.33. The van der Waals surface area contributed by atoms with E-state index < -0.39 is 10.0 Å². The van der Waals surface area contributed by atoms with E-state index in [0.29, 0.717) is 10.8 Å². The van der Waals surface area contributed by atoms with Crippen LogP contribution >= 0.6 is 27.3 Å². The minimum atomic E-state index is -3.30. The van der Waals surface area contributed by atoms with Crippen molar-refractivity contribution >= 4 is 37.3 Å². The molecular weight excluding hydrogens is 334 g/mol. The normalized spacial score (nSPS) is 22.9. The fourth-order valence-corrected chi connectivity index (χ4v) is 6.33. The molecule has 6 heteroatoms. The zero-order chi connectivity index (χ0) is 13.2. The second-order valence-corrected chi connectivity index (χ2v) is 9.17. The molecule has 0 amide bonds. The standard InChI is InChI=1S/C12H18BrNO2S2/c1-2-10-6-4-3-5-9-14(10)18(15,16)12-8-7-11(13)17-12/h7-8,10H,2-6,9H2,1H3. The molecule has 3 nitrogen and oxygen atoms in total. The molecule has 0 saturated carbocycles. The van der Waals surface area contributed by atoms with Crippen LogP contribution < -0.4 is 0 Å². The third kappa shape index (κ3) is 2.98. The summed E-state index contributed by atoms with van der Waals surface area (Å²) in [4.78, 5) is 0. The van der Waals surface area contributed by atoms with Gasteiger partial charge in [-0.1, -0.05) is 19.8 Å². The Hall–Kier alpha value is 0.0900.